The van der Waals surface area contributed by atoms with E-state index in [9.17, 15) is 9.59 Å². The smallest absolute Gasteiger partial charge is 0.335 e. The van der Waals surface area contributed by atoms with Crippen LogP contribution in [0.15, 0.2) is 30.3 Å². The van der Waals surface area contributed by atoms with Crippen molar-refractivity contribution in [1.82, 2.24) is 9.80 Å². The summed E-state index contributed by atoms with van der Waals surface area (Å²) in [5, 5.41) is 9.05. The van der Waals surface area contributed by atoms with Crippen LogP contribution in [0.1, 0.15) is 28.8 Å². The van der Waals surface area contributed by atoms with Crippen LogP contribution in [0.2, 0.25) is 0 Å². The highest BCUT2D eigenvalue weighted by Crippen LogP contribution is 2.20. The summed E-state index contributed by atoms with van der Waals surface area (Å²) in [5.74, 6) is -0.272. The van der Waals surface area contributed by atoms with Crippen molar-refractivity contribution in [2.75, 3.05) is 45.9 Å². The maximum Gasteiger partial charge on any atom is 0.335 e. The number of rotatable bonds is 5. The Kier molecular flexibility index (Phi) is 6.41. The highest BCUT2D eigenvalue weighted by Gasteiger charge is 2.23. The Balaban J connectivity index is 1.46. The van der Waals surface area contributed by atoms with Gasteiger partial charge in [0.2, 0.25) is 5.91 Å². The van der Waals surface area contributed by atoms with Gasteiger partial charge in [-0.15, -0.1) is 0 Å². The minimum absolute atomic E-state index is 0.212. The van der Waals surface area contributed by atoms with E-state index in [0.717, 1.165) is 44.6 Å². The number of hydrogen-bond acceptors (Lipinski definition) is 4. The lowest BCUT2D eigenvalue weighted by atomic mass is 9.95. The number of carbonyl (C=O) groups is 2. The fourth-order valence-electron chi connectivity index (χ4n) is 3.41. The largest absolute Gasteiger partial charge is 0.478 e. The molecule has 0 saturated carbocycles. The zero-order valence-corrected chi connectivity index (χ0v) is 15.0. The molecule has 26 heavy (non-hydrogen) atoms. The Bertz CT molecular complexity index is 660. The van der Waals surface area contributed by atoms with E-state index in [1.807, 2.05) is 17.0 Å². The molecule has 0 aliphatic carbocycles. The van der Waals surface area contributed by atoms with Gasteiger partial charge in [0.15, 0.2) is 0 Å². The number of allylic oxidation sites excluding steroid dienone is 1. The van der Waals surface area contributed by atoms with Crippen LogP contribution in [0.3, 0.4) is 0 Å². The number of piperidine rings is 1. The number of carboxylic acid groups (broad SMARTS) is 1. The summed E-state index contributed by atoms with van der Waals surface area (Å²) in [7, 11) is 0. The van der Waals surface area contributed by atoms with Crippen LogP contribution in [0.5, 0.6) is 0 Å². The van der Waals surface area contributed by atoms with Crippen molar-refractivity contribution in [3.8, 4) is 0 Å². The molecule has 6 nitrogen and oxygen atoms in total. The molecule has 6 heteroatoms. The molecule has 2 fully saturated rings. The number of carbonyl (C=O) groups excluding carboxylic acids is 1. The predicted molar refractivity (Wildman–Crippen MR) is 99.0 cm³/mol. The molecule has 0 spiro atoms. The number of nitrogens with zero attached hydrogens (tertiary/aromatic N) is 2. The molecule has 2 saturated heterocycles. The summed E-state index contributed by atoms with van der Waals surface area (Å²) in [6, 6.07) is 6.94. The van der Waals surface area contributed by atoms with E-state index in [-0.39, 0.29) is 5.91 Å². The lowest BCUT2D eigenvalue weighted by Gasteiger charge is -2.33. The number of morpholine rings is 1. The van der Waals surface area contributed by atoms with Crippen LogP contribution in [-0.4, -0.2) is 72.7 Å². The molecule has 1 aromatic carbocycles. The molecule has 0 bridgehead atoms. The first-order valence-electron chi connectivity index (χ1n) is 9.21. The summed E-state index contributed by atoms with van der Waals surface area (Å²) in [6.07, 6.45) is 6.03. The first-order chi connectivity index (χ1) is 12.6. The molecule has 2 aliphatic heterocycles. The van der Waals surface area contributed by atoms with Gasteiger partial charge in [0.1, 0.15) is 0 Å². The number of hydrogen-bond donors (Lipinski definition) is 1. The maximum atomic E-state index is 12.4. The van der Waals surface area contributed by atoms with Crippen molar-refractivity contribution in [3.05, 3.63) is 41.5 Å². The molecule has 2 aliphatic rings. The SMILES string of the molecule is O=C(O)c1cccc(C=CC2CCN(C(=O)CN3CCOCC3)CC2)c1. The molecule has 140 valence electrons. The Hall–Kier alpha value is -2.18. The van der Waals surface area contributed by atoms with Gasteiger partial charge in [-0.05, 0) is 36.5 Å². The van der Waals surface area contributed by atoms with Gasteiger partial charge in [-0.25, -0.2) is 4.79 Å². The van der Waals surface area contributed by atoms with Gasteiger partial charge in [0.25, 0.3) is 0 Å². The molecular weight excluding hydrogens is 332 g/mol. The van der Waals surface area contributed by atoms with Gasteiger partial charge in [0, 0.05) is 26.2 Å². The standard InChI is InChI=1S/C20H26N2O4/c23-19(15-21-10-12-26-13-11-21)22-8-6-16(7-9-22)4-5-17-2-1-3-18(14-17)20(24)25/h1-5,14,16H,6-13,15H2,(H,24,25). The van der Waals surface area contributed by atoms with Crippen LogP contribution in [0, 0.1) is 5.92 Å². The van der Waals surface area contributed by atoms with Crippen LogP contribution < -0.4 is 0 Å². The van der Waals surface area contributed by atoms with Gasteiger partial charge >= 0.3 is 5.97 Å². The van der Waals surface area contributed by atoms with Gasteiger partial charge in [-0.1, -0.05) is 24.3 Å². The van der Waals surface area contributed by atoms with Gasteiger partial charge in [-0.3, -0.25) is 9.69 Å². The second-order valence-electron chi connectivity index (χ2n) is 6.90. The Labute approximate surface area is 154 Å². The average Bonchev–Trinajstić information content (AvgIpc) is 2.68. The molecular formula is C20H26N2O4. The molecule has 3 rings (SSSR count). The number of carboxylic acids is 1. The van der Waals surface area contributed by atoms with E-state index in [1.54, 1.807) is 18.2 Å². The predicted octanol–water partition coefficient (Wildman–Crippen LogP) is 1.97. The summed E-state index contributed by atoms with van der Waals surface area (Å²) < 4.78 is 5.32. The fourth-order valence-corrected chi connectivity index (χ4v) is 3.41. The van der Waals surface area contributed by atoms with E-state index < -0.39 is 5.97 Å². The topological polar surface area (TPSA) is 70.1 Å². The van der Waals surface area contributed by atoms with Crippen LogP contribution in [0.25, 0.3) is 6.08 Å². The van der Waals surface area contributed by atoms with Crippen molar-refractivity contribution in [2.24, 2.45) is 5.92 Å². The number of amides is 1. The second-order valence-corrected chi connectivity index (χ2v) is 6.90. The maximum absolute atomic E-state index is 12.4. The first-order valence-corrected chi connectivity index (χ1v) is 9.21. The molecule has 1 N–H and O–H groups in total. The van der Waals surface area contributed by atoms with Crippen molar-refractivity contribution in [2.45, 2.75) is 12.8 Å². The van der Waals surface area contributed by atoms with Crippen molar-refractivity contribution in [1.29, 1.82) is 0 Å². The lowest BCUT2D eigenvalue weighted by Crippen LogP contribution is -2.46. The molecule has 1 aromatic rings. The highest BCUT2D eigenvalue weighted by atomic mass is 16.5. The molecule has 0 radical (unpaired) electrons. The Morgan fingerprint density at radius 3 is 2.58 bits per heavy atom. The number of ether oxygens (including phenoxy) is 1. The normalized spacial score (nSPS) is 19.8. The average molecular weight is 358 g/mol. The van der Waals surface area contributed by atoms with Crippen LogP contribution >= 0.6 is 0 Å². The lowest BCUT2D eigenvalue weighted by molar-refractivity contribution is -0.134. The minimum atomic E-state index is -0.910. The van der Waals surface area contributed by atoms with Crippen LogP contribution in [-0.2, 0) is 9.53 Å². The van der Waals surface area contributed by atoms with Crippen molar-refractivity contribution >= 4 is 18.0 Å². The summed E-state index contributed by atoms with van der Waals surface area (Å²) in [4.78, 5) is 27.6. The monoisotopic (exact) mass is 358 g/mol. The Morgan fingerprint density at radius 1 is 1.15 bits per heavy atom. The third-order valence-corrected chi connectivity index (χ3v) is 5.05. The number of aromatic carboxylic acids is 1. The number of likely N-dealkylation sites (tertiary alicyclic amines) is 1. The van der Waals surface area contributed by atoms with Gasteiger partial charge in [0.05, 0.1) is 25.3 Å². The summed E-state index contributed by atoms with van der Waals surface area (Å²) in [5.41, 5.74) is 1.20. The van der Waals surface area contributed by atoms with Crippen molar-refractivity contribution < 1.29 is 19.4 Å². The number of benzene rings is 1. The summed E-state index contributed by atoms with van der Waals surface area (Å²) in [6.45, 7) is 5.15. The third-order valence-electron chi connectivity index (χ3n) is 5.05. The van der Waals surface area contributed by atoms with Gasteiger partial charge in [-0.2, -0.15) is 0 Å². The van der Waals surface area contributed by atoms with E-state index >= 15 is 0 Å². The molecule has 0 atom stereocenters. The zero-order chi connectivity index (χ0) is 18.4. The highest BCUT2D eigenvalue weighted by molar-refractivity contribution is 5.88. The molecule has 1 amide bonds. The molecule has 0 aromatic heterocycles. The van der Waals surface area contributed by atoms with E-state index in [0.29, 0.717) is 31.2 Å². The van der Waals surface area contributed by atoms with Crippen molar-refractivity contribution in [3.63, 3.8) is 0 Å². The van der Waals surface area contributed by atoms with Gasteiger partial charge < -0.3 is 14.7 Å². The third kappa shape index (κ3) is 5.16. The zero-order valence-electron chi connectivity index (χ0n) is 15.0. The minimum Gasteiger partial charge on any atom is -0.478 e. The van der Waals surface area contributed by atoms with Crippen LogP contribution in [0.4, 0.5) is 0 Å². The summed E-state index contributed by atoms with van der Waals surface area (Å²) >= 11 is 0. The second kappa shape index (κ2) is 8.96. The molecule has 2 heterocycles. The first kappa shape index (κ1) is 18.6. The quantitative estimate of drug-likeness (QED) is 0.871. The van der Waals surface area contributed by atoms with E-state index in [2.05, 4.69) is 11.0 Å². The van der Waals surface area contributed by atoms with E-state index in [4.69, 9.17) is 9.84 Å². The van der Waals surface area contributed by atoms with E-state index in [1.165, 1.54) is 0 Å². The molecule has 0 unspecified atom stereocenters. The Morgan fingerprint density at radius 2 is 1.88 bits per heavy atom. The fraction of sp³-hybridized carbons (Fsp3) is 0.500.